The number of amides is 1. The Bertz CT molecular complexity index is 1330. The molecule has 0 aromatic heterocycles. The first-order valence-electron chi connectivity index (χ1n) is 10.5. The molecule has 0 atom stereocenters. The molecule has 2 N–H and O–H groups in total. The number of nitrogens with one attached hydrogen (secondary N) is 1. The average Bonchev–Trinajstić information content (AvgIpc) is 3.15. The largest absolute Gasteiger partial charge is 0.506 e. The van der Waals surface area contributed by atoms with E-state index in [1.165, 1.54) is 22.3 Å². The van der Waals surface area contributed by atoms with Crippen molar-refractivity contribution in [1.29, 1.82) is 0 Å². The molecule has 4 heteroatoms. The second-order valence-corrected chi connectivity index (χ2v) is 7.66. The summed E-state index contributed by atoms with van der Waals surface area (Å²) in [5.41, 5.74) is 5.26. The fourth-order valence-corrected chi connectivity index (χ4v) is 4.26. The predicted octanol–water partition coefficient (Wildman–Crippen LogP) is 5.44. The first-order valence-corrected chi connectivity index (χ1v) is 10.5. The maximum Gasteiger partial charge on any atom is 0.407 e. The van der Waals surface area contributed by atoms with Crippen molar-refractivity contribution in [3.63, 3.8) is 0 Å². The first-order chi connectivity index (χ1) is 15.7. The highest BCUT2D eigenvalue weighted by Crippen LogP contribution is 2.44. The topological polar surface area (TPSA) is 58.6 Å². The zero-order chi connectivity index (χ0) is 21.9. The normalized spacial score (nSPS) is 11.9. The molecular formula is C28H21NO3. The van der Waals surface area contributed by atoms with Crippen LogP contribution in [-0.4, -0.2) is 24.4 Å². The van der Waals surface area contributed by atoms with Gasteiger partial charge in [0.15, 0.2) is 0 Å². The SMILES string of the molecule is O=C(NCC#Cc1ccc2ccccc2c1O)OCC1c2ccccc2-c2ccccc21. The molecule has 0 spiro atoms. The lowest BCUT2D eigenvalue weighted by Gasteiger charge is -2.14. The average molecular weight is 419 g/mol. The lowest BCUT2D eigenvalue weighted by atomic mass is 9.98. The molecule has 0 fully saturated rings. The number of carbonyl (C=O) groups is 1. The molecule has 0 saturated carbocycles. The number of hydrogen-bond donors (Lipinski definition) is 2. The molecule has 32 heavy (non-hydrogen) atoms. The Balaban J connectivity index is 1.21. The van der Waals surface area contributed by atoms with Crippen molar-refractivity contribution in [3.05, 3.63) is 102 Å². The van der Waals surface area contributed by atoms with Gasteiger partial charge in [-0.1, -0.05) is 90.7 Å². The third-order valence-electron chi connectivity index (χ3n) is 5.79. The van der Waals surface area contributed by atoms with Gasteiger partial charge in [-0.05, 0) is 33.7 Å². The zero-order valence-corrected chi connectivity index (χ0v) is 17.3. The van der Waals surface area contributed by atoms with Gasteiger partial charge in [0.1, 0.15) is 12.4 Å². The van der Waals surface area contributed by atoms with Gasteiger partial charge < -0.3 is 15.2 Å². The number of phenolic OH excluding ortho intramolecular Hbond substituents is 1. The quantitative estimate of drug-likeness (QED) is 0.435. The number of aromatic hydroxyl groups is 1. The first kappa shape index (κ1) is 19.7. The van der Waals surface area contributed by atoms with Crippen LogP contribution in [0.4, 0.5) is 4.79 Å². The number of hydrogen-bond acceptors (Lipinski definition) is 3. The molecule has 0 aliphatic heterocycles. The van der Waals surface area contributed by atoms with Gasteiger partial charge >= 0.3 is 6.09 Å². The minimum atomic E-state index is -0.510. The summed E-state index contributed by atoms with van der Waals surface area (Å²) in [5, 5.41) is 14.8. The van der Waals surface area contributed by atoms with Gasteiger partial charge in [-0.2, -0.15) is 0 Å². The van der Waals surface area contributed by atoms with Crippen molar-refractivity contribution in [3.8, 4) is 28.7 Å². The number of ether oxygens (including phenoxy) is 1. The van der Waals surface area contributed by atoms with Crippen LogP contribution in [0.3, 0.4) is 0 Å². The Kier molecular flexibility index (Phi) is 5.23. The summed E-state index contributed by atoms with van der Waals surface area (Å²) in [6.07, 6.45) is -0.510. The number of rotatable bonds is 3. The Morgan fingerprint density at radius 2 is 1.53 bits per heavy atom. The van der Waals surface area contributed by atoms with Gasteiger partial charge in [0.05, 0.1) is 12.1 Å². The fraction of sp³-hybridized carbons (Fsp3) is 0.107. The molecule has 1 aliphatic rings. The molecular weight excluding hydrogens is 398 g/mol. The molecule has 4 nitrogen and oxygen atoms in total. The molecule has 156 valence electrons. The third-order valence-corrected chi connectivity index (χ3v) is 5.79. The van der Waals surface area contributed by atoms with Crippen molar-refractivity contribution < 1.29 is 14.6 Å². The van der Waals surface area contributed by atoms with Gasteiger partial charge in [0.25, 0.3) is 0 Å². The van der Waals surface area contributed by atoms with Crippen LogP contribution in [0, 0.1) is 11.8 Å². The zero-order valence-electron chi connectivity index (χ0n) is 17.3. The molecule has 0 saturated heterocycles. The van der Waals surface area contributed by atoms with E-state index in [1.54, 1.807) is 6.07 Å². The number of benzene rings is 4. The van der Waals surface area contributed by atoms with Crippen molar-refractivity contribution in [2.45, 2.75) is 5.92 Å². The van der Waals surface area contributed by atoms with E-state index >= 15 is 0 Å². The molecule has 5 rings (SSSR count). The highest BCUT2D eigenvalue weighted by molar-refractivity contribution is 5.90. The van der Waals surface area contributed by atoms with Crippen molar-refractivity contribution in [1.82, 2.24) is 5.32 Å². The van der Waals surface area contributed by atoms with Crippen LogP contribution in [0.5, 0.6) is 5.75 Å². The minimum Gasteiger partial charge on any atom is -0.506 e. The van der Waals surface area contributed by atoms with Crippen molar-refractivity contribution in [2.75, 3.05) is 13.2 Å². The third kappa shape index (κ3) is 3.66. The maximum absolute atomic E-state index is 12.2. The Morgan fingerprint density at radius 3 is 2.28 bits per heavy atom. The Hall–Kier alpha value is -4.23. The lowest BCUT2D eigenvalue weighted by molar-refractivity contribution is 0.144. The number of alkyl carbamates (subject to hydrolysis) is 1. The molecule has 0 radical (unpaired) electrons. The molecule has 0 heterocycles. The lowest BCUT2D eigenvalue weighted by Crippen LogP contribution is -2.26. The minimum absolute atomic E-state index is 0.0220. The van der Waals surface area contributed by atoms with Crippen molar-refractivity contribution in [2.24, 2.45) is 0 Å². The number of fused-ring (bicyclic) bond motifs is 4. The van der Waals surface area contributed by atoms with E-state index in [0.717, 1.165) is 10.8 Å². The van der Waals surface area contributed by atoms with Gasteiger partial charge in [-0.25, -0.2) is 4.79 Å². The van der Waals surface area contributed by atoms with E-state index in [0.29, 0.717) is 5.56 Å². The molecule has 4 aromatic rings. The van der Waals surface area contributed by atoms with E-state index in [1.807, 2.05) is 54.6 Å². The highest BCUT2D eigenvalue weighted by atomic mass is 16.5. The maximum atomic E-state index is 12.2. The number of phenols is 1. The van der Waals surface area contributed by atoms with Gasteiger partial charge in [-0.3, -0.25) is 0 Å². The smallest absolute Gasteiger partial charge is 0.407 e. The van der Waals surface area contributed by atoms with E-state index in [-0.39, 0.29) is 24.8 Å². The highest BCUT2D eigenvalue weighted by Gasteiger charge is 2.28. The van der Waals surface area contributed by atoms with Crippen LogP contribution < -0.4 is 5.32 Å². The standard InChI is InChI=1S/C28H21NO3/c30-27-20(16-15-19-8-1-2-10-21(19)27)9-7-17-29-28(31)32-18-26-24-13-5-3-11-22(24)23-12-4-6-14-25(23)26/h1-6,8,10-16,26,30H,17-18H2,(H,29,31). The second kappa shape index (κ2) is 8.49. The summed E-state index contributed by atoms with van der Waals surface area (Å²) in [4.78, 5) is 12.2. The van der Waals surface area contributed by atoms with Crippen LogP contribution in [0.1, 0.15) is 22.6 Å². The van der Waals surface area contributed by atoms with Gasteiger partial charge in [0.2, 0.25) is 0 Å². The fourth-order valence-electron chi connectivity index (χ4n) is 4.26. The van der Waals surface area contributed by atoms with Gasteiger partial charge in [0, 0.05) is 11.3 Å². The summed E-state index contributed by atoms with van der Waals surface area (Å²) >= 11 is 0. The summed E-state index contributed by atoms with van der Waals surface area (Å²) in [6, 6.07) is 27.7. The molecule has 0 bridgehead atoms. The van der Waals surface area contributed by atoms with Crippen LogP contribution in [0.25, 0.3) is 21.9 Å². The number of carbonyl (C=O) groups excluding carboxylic acids is 1. The van der Waals surface area contributed by atoms with E-state index < -0.39 is 6.09 Å². The summed E-state index contributed by atoms with van der Waals surface area (Å²) < 4.78 is 5.51. The van der Waals surface area contributed by atoms with Gasteiger partial charge in [-0.15, -0.1) is 0 Å². The Labute approximate surface area is 186 Å². The summed E-state index contributed by atoms with van der Waals surface area (Å²) in [7, 11) is 0. The van der Waals surface area contributed by atoms with E-state index in [4.69, 9.17) is 4.74 Å². The molecule has 1 amide bonds. The summed E-state index contributed by atoms with van der Waals surface area (Å²) in [6.45, 7) is 0.391. The van der Waals surface area contributed by atoms with E-state index in [2.05, 4.69) is 41.4 Å². The monoisotopic (exact) mass is 419 g/mol. The van der Waals surface area contributed by atoms with E-state index in [9.17, 15) is 9.90 Å². The predicted molar refractivity (Wildman–Crippen MR) is 126 cm³/mol. The van der Waals surface area contributed by atoms with Crippen molar-refractivity contribution >= 4 is 16.9 Å². The molecule has 0 unspecified atom stereocenters. The summed E-state index contributed by atoms with van der Waals surface area (Å²) in [5.74, 6) is 5.96. The Morgan fingerprint density at radius 1 is 0.875 bits per heavy atom. The van der Waals surface area contributed by atoms with Crippen LogP contribution >= 0.6 is 0 Å². The van der Waals surface area contributed by atoms with Crippen LogP contribution in [0.15, 0.2) is 84.9 Å². The molecule has 4 aromatic carbocycles. The molecule has 1 aliphatic carbocycles. The van der Waals surface area contributed by atoms with Crippen LogP contribution in [-0.2, 0) is 4.74 Å². The second-order valence-electron chi connectivity index (χ2n) is 7.66. The van der Waals surface area contributed by atoms with Crippen LogP contribution in [0.2, 0.25) is 0 Å².